The van der Waals surface area contributed by atoms with Gasteiger partial charge in [0, 0.05) is 16.9 Å². The van der Waals surface area contributed by atoms with E-state index in [1.165, 1.54) is 28.6 Å². The van der Waals surface area contributed by atoms with Gasteiger partial charge in [0.15, 0.2) is 0 Å². The molecule has 2 aromatic rings. The van der Waals surface area contributed by atoms with Gasteiger partial charge in [0.1, 0.15) is 5.82 Å². The Bertz CT molecular complexity index is 843. The molecular weight excluding hydrogens is 326 g/mol. The minimum atomic E-state index is -2.04. The zero-order valence-corrected chi connectivity index (χ0v) is 14.8. The highest BCUT2D eigenvalue weighted by atomic mass is 32.4. The normalized spacial score (nSPS) is 32.6. The van der Waals surface area contributed by atoms with Crippen LogP contribution in [0.3, 0.4) is 0 Å². The second kappa shape index (κ2) is 5.11. The van der Waals surface area contributed by atoms with E-state index in [1.54, 1.807) is 0 Å². The molecular formula is C19H18FOPS. The van der Waals surface area contributed by atoms with Gasteiger partial charge < -0.3 is 4.52 Å². The summed E-state index contributed by atoms with van der Waals surface area (Å²) in [6, 6.07) is 17.0. The molecule has 2 aromatic carbocycles. The standard InChI is InChI=1S/C19H18FOPS/c1-13-17(14-6-4-3-5-7-14)22(23)12-19(13,2)18(21-22)15-8-10-16(20)11-9-15/h3-11,18H,12H2,1-2H3/t18-,19+,22+/m0/s1. The molecule has 2 heterocycles. The minimum absolute atomic E-state index is 0.0682. The summed E-state index contributed by atoms with van der Waals surface area (Å²) in [7, 11) is 0. The SMILES string of the molecule is CC1=C(c2ccccc2)[P@]2(=S)C[C@@]1(C)[C@H](c1ccc(F)cc1)O2. The van der Waals surface area contributed by atoms with Crippen molar-refractivity contribution in [3.05, 3.63) is 77.1 Å². The zero-order chi connectivity index (χ0) is 16.2. The van der Waals surface area contributed by atoms with Crippen LogP contribution in [0.5, 0.6) is 0 Å². The lowest BCUT2D eigenvalue weighted by Gasteiger charge is -2.34. The number of benzene rings is 2. The van der Waals surface area contributed by atoms with Crippen molar-refractivity contribution >= 4 is 23.4 Å². The third-order valence-corrected chi connectivity index (χ3v) is 9.26. The molecule has 0 aromatic heterocycles. The Morgan fingerprint density at radius 1 is 1.13 bits per heavy atom. The number of rotatable bonds is 2. The number of fused-ring (bicyclic) bond motifs is 2. The van der Waals surface area contributed by atoms with Crippen LogP contribution in [0.4, 0.5) is 4.39 Å². The molecule has 1 nitrogen and oxygen atoms in total. The molecule has 1 fully saturated rings. The molecule has 0 amide bonds. The Morgan fingerprint density at radius 3 is 2.39 bits per heavy atom. The first kappa shape index (κ1) is 15.3. The second-order valence-electron chi connectivity index (χ2n) is 6.63. The lowest BCUT2D eigenvalue weighted by atomic mass is 9.76. The Labute approximate surface area is 141 Å². The molecule has 1 saturated heterocycles. The molecule has 4 heteroatoms. The van der Waals surface area contributed by atoms with Crippen molar-refractivity contribution < 1.29 is 8.91 Å². The number of hydrogen-bond donors (Lipinski definition) is 0. The fourth-order valence-electron chi connectivity index (χ4n) is 3.89. The van der Waals surface area contributed by atoms with Gasteiger partial charge in [-0.25, -0.2) is 4.39 Å². The summed E-state index contributed by atoms with van der Waals surface area (Å²) in [5.41, 5.74) is 3.45. The molecule has 0 radical (unpaired) electrons. The molecule has 118 valence electrons. The Balaban J connectivity index is 1.83. The van der Waals surface area contributed by atoms with Crippen LogP contribution >= 0.6 is 6.26 Å². The van der Waals surface area contributed by atoms with Gasteiger partial charge >= 0.3 is 0 Å². The van der Waals surface area contributed by atoms with Crippen molar-refractivity contribution in [3.8, 4) is 0 Å². The zero-order valence-electron chi connectivity index (χ0n) is 13.1. The van der Waals surface area contributed by atoms with E-state index < -0.39 is 6.26 Å². The summed E-state index contributed by atoms with van der Waals surface area (Å²) in [5, 5.41) is 1.24. The first-order valence-corrected chi connectivity index (χ1v) is 10.6. The fraction of sp³-hybridized carbons (Fsp3) is 0.263. The van der Waals surface area contributed by atoms with E-state index in [4.69, 9.17) is 16.3 Å². The molecule has 0 N–H and O–H groups in total. The molecule has 4 rings (SSSR count). The minimum Gasteiger partial charge on any atom is -0.337 e. The van der Waals surface area contributed by atoms with Crippen LogP contribution in [-0.2, 0) is 16.3 Å². The van der Waals surface area contributed by atoms with Crippen molar-refractivity contribution in [3.63, 3.8) is 0 Å². The van der Waals surface area contributed by atoms with Crippen LogP contribution in [0.15, 0.2) is 60.2 Å². The summed E-state index contributed by atoms with van der Waals surface area (Å²) in [5.74, 6) is -0.220. The van der Waals surface area contributed by atoms with Gasteiger partial charge in [-0.05, 0) is 30.2 Å². The first-order valence-electron chi connectivity index (χ1n) is 7.74. The monoisotopic (exact) mass is 344 g/mol. The van der Waals surface area contributed by atoms with Crippen molar-refractivity contribution in [1.29, 1.82) is 0 Å². The number of halogens is 1. The van der Waals surface area contributed by atoms with E-state index in [0.717, 1.165) is 11.7 Å². The van der Waals surface area contributed by atoms with Gasteiger partial charge in [0.2, 0.25) is 0 Å². The van der Waals surface area contributed by atoms with Crippen molar-refractivity contribution in [1.82, 2.24) is 0 Å². The molecule has 2 aliphatic heterocycles. The maximum absolute atomic E-state index is 13.2. The van der Waals surface area contributed by atoms with E-state index in [0.29, 0.717) is 0 Å². The topological polar surface area (TPSA) is 9.23 Å². The van der Waals surface area contributed by atoms with E-state index in [2.05, 4.69) is 26.0 Å². The number of hydrogen-bond acceptors (Lipinski definition) is 2. The smallest absolute Gasteiger partial charge is 0.123 e. The quantitative estimate of drug-likeness (QED) is 0.642. The van der Waals surface area contributed by atoms with Gasteiger partial charge in [0.05, 0.1) is 12.4 Å². The van der Waals surface area contributed by atoms with E-state index in [-0.39, 0.29) is 17.3 Å². The van der Waals surface area contributed by atoms with Crippen LogP contribution in [0.1, 0.15) is 31.1 Å². The summed E-state index contributed by atoms with van der Waals surface area (Å²) in [6.07, 6.45) is -1.22. The highest BCUT2D eigenvalue weighted by Gasteiger charge is 2.58. The average molecular weight is 344 g/mol. The van der Waals surface area contributed by atoms with Crippen molar-refractivity contribution in [2.75, 3.05) is 6.16 Å². The summed E-state index contributed by atoms with van der Waals surface area (Å²) in [6.45, 7) is 4.43. The highest BCUT2D eigenvalue weighted by molar-refractivity contribution is 8.17. The molecule has 23 heavy (non-hydrogen) atoms. The lowest BCUT2D eigenvalue weighted by Crippen LogP contribution is -2.25. The average Bonchev–Trinajstić information content (AvgIpc) is 2.92. The maximum atomic E-state index is 13.2. The summed E-state index contributed by atoms with van der Waals surface area (Å²) in [4.78, 5) is 0. The fourth-order valence-corrected chi connectivity index (χ4v) is 9.29. The lowest BCUT2D eigenvalue weighted by molar-refractivity contribution is 0.150. The van der Waals surface area contributed by atoms with Gasteiger partial charge in [-0.3, -0.25) is 0 Å². The first-order chi connectivity index (χ1) is 10.9. The second-order valence-corrected chi connectivity index (χ2v) is 10.7. The Hall–Kier alpha value is -1.28. The van der Waals surface area contributed by atoms with Gasteiger partial charge in [0.25, 0.3) is 0 Å². The molecule has 3 atom stereocenters. The Kier molecular flexibility index (Phi) is 3.39. The van der Waals surface area contributed by atoms with Crippen LogP contribution in [0.2, 0.25) is 0 Å². The molecule has 2 aliphatic rings. The Morgan fingerprint density at radius 2 is 1.78 bits per heavy atom. The molecule has 0 saturated carbocycles. The third-order valence-electron chi connectivity index (χ3n) is 5.16. The maximum Gasteiger partial charge on any atom is 0.123 e. The highest BCUT2D eigenvalue weighted by Crippen LogP contribution is 2.80. The summed E-state index contributed by atoms with van der Waals surface area (Å²) >= 11 is 6.02. The van der Waals surface area contributed by atoms with Gasteiger partial charge in [-0.1, -0.05) is 66.8 Å². The molecule has 2 bridgehead atoms. The van der Waals surface area contributed by atoms with Crippen LogP contribution in [0.25, 0.3) is 5.31 Å². The molecule has 0 unspecified atom stereocenters. The predicted molar refractivity (Wildman–Crippen MR) is 96.5 cm³/mol. The molecule has 0 aliphatic carbocycles. The van der Waals surface area contributed by atoms with Crippen LogP contribution in [0, 0.1) is 11.2 Å². The summed E-state index contributed by atoms with van der Waals surface area (Å²) < 4.78 is 19.7. The van der Waals surface area contributed by atoms with Gasteiger partial charge in [-0.15, -0.1) is 0 Å². The molecule has 0 spiro atoms. The van der Waals surface area contributed by atoms with E-state index >= 15 is 0 Å². The van der Waals surface area contributed by atoms with E-state index in [1.807, 2.05) is 30.3 Å². The van der Waals surface area contributed by atoms with Crippen molar-refractivity contribution in [2.24, 2.45) is 5.41 Å². The van der Waals surface area contributed by atoms with Crippen LogP contribution in [-0.4, -0.2) is 6.16 Å². The predicted octanol–water partition coefficient (Wildman–Crippen LogP) is 5.74. The van der Waals surface area contributed by atoms with E-state index in [9.17, 15) is 4.39 Å². The van der Waals surface area contributed by atoms with Crippen LogP contribution < -0.4 is 0 Å². The van der Waals surface area contributed by atoms with Gasteiger partial charge in [-0.2, -0.15) is 0 Å². The van der Waals surface area contributed by atoms with Crippen molar-refractivity contribution in [2.45, 2.75) is 20.0 Å². The largest absolute Gasteiger partial charge is 0.337 e. The third kappa shape index (κ3) is 2.18.